The molecule has 0 radical (unpaired) electrons. The minimum Gasteiger partial charge on any atom is -0.444 e. The predicted octanol–water partition coefficient (Wildman–Crippen LogP) is 3.18. The maximum absolute atomic E-state index is 12.3. The predicted molar refractivity (Wildman–Crippen MR) is 104 cm³/mol. The highest BCUT2D eigenvalue weighted by Gasteiger charge is 2.29. The number of ether oxygens (including phenoxy) is 1. The Bertz CT molecular complexity index is 734. The molecule has 7 heteroatoms. The maximum Gasteiger partial charge on any atom is 0.410 e. The molecule has 0 bridgehead atoms. The number of aromatic nitrogens is 1. The Balaban J connectivity index is 2.15. The zero-order valence-corrected chi connectivity index (χ0v) is 15.9. The number of hydrazone groups is 1. The van der Waals surface area contributed by atoms with Crippen LogP contribution in [0.15, 0.2) is 35.0 Å². The number of nitrogens with two attached hydrogens (primary N) is 1. The lowest BCUT2D eigenvalue weighted by Gasteiger charge is -2.31. The number of hydrogen-bond acceptors (Lipinski definition) is 6. The van der Waals surface area contributed by atoms with Gasteiger partial charge < -0.3 is 15.5 Å². The highest BCUT2D eigenvalue weighted by atomic mass is 16.6. The second kappa shape index (κ2) is 8.12. The van der Waals surface area contributed by atoms with Crippen molar-refractivity contribution in [2.24, 2.45) is 15.9 Å². The summed E-state index contributed by atoms with van der Waals surface area (Å²) in [7, 11) is 0. The molecule has 1 aromatic heterocycles. The summed E-state index contributed by atoms with van der Waals surface area (Å²) in [4.78, 5) is 22.9. The van der Waals surface area contributed by atoms with Crippen LogP contribution in [-0.2, 0) is 4.74 Å². The van der Waals surface area contributed by atoms with Crippen LogP contribution in [-0.4, -0.2) is 46.1 Å². The quantitative estimate of drug-likeness (QED) is 0.664. The average Bonchev–Trinajstić information content (AvgIpc) is 2.60. The highest BCUT2D eigenvalue weighted by Crippen LogP contribution is 2.22. The molecule has 2 heterocycles. The van der Waals surface area contributed by atoms with Crippen molar-refractivity contribution >= 4 is 23.6 Å². The molecule has 1 amide bonds. The van der Waals surface area contributed by atoms with E-state index in [4.69, 9.17) is 15.6 Å². The summed E-state index contributed by atoms with van der Waals surface area (Å²) in [6.45, 7) is 12.1. The van der Waals surface area contributed by atoms with Gasteiger partial charge in [-0.05, 0) is 39.8 Å². The van der Waals surface area contributed by atoms with Crippen LogP contribution in [0.25, 0.3) is 6.08 Å². The lowest BCUT2D eigenvalue weighted by molar-refractivity contribution is 0.0280. The maximum atomic E-state index is 12.3. The summed E-state index contributed by atoms with van der Waals surface area (Å²) < 4.78 is 5.42. The van der Waals surface area contributed by atoms with Crippen molar-refractivity contribution in [1.29, 1.82) is 0 Å². The molecule has 1 aromatic rings. The fourth-order valence-corrected chi connectivity index (χ4v) is 2.73. The van der Waals surface area contributed by atoms with Crippen molar-refractivity contribution in [2.45, 2.75) is 45.8 Å². The highest BCUT2D eigenvalue weighted by molar-refractivity contribution is 6.44. The van der Waals surface area contributed by atoms with Crippen molar-refractivity contribution in [3.05, 3.63) is 36.2 Å². The van der Waals surface area contributed by atoms with Crippen LogP contribution >= 0.6 is 0 Å². The van der Waals surface area contributed by atoms with E-state index >= 15 is 0 Å². The van der Waals surface area contributed by atoms with Crippen LogP contribution in [0.3, 0.4) is 0 Å². The monoisotopic (exact) mass is 357 g/mol. The number of carbonyl (C=O) groups is 1. The number of aliphatic imine (C=N–C) groups is 1. The van der Waals surface area contributed by atoms with E-state index in [1.807, 2.05) is 39.8 Å². The van der Waals surface area contributed by atoms with E-state index in [1.165, 1.54) is 0 Å². The van der Waals surface area contributed by atoms with Crippen LogP contribution in [0.4, 0.5) is 4.79 Å². The van der Waals surface area contributed by atoms with Crippen molar-refractivity contribution in [2.75, 3.05) is 13.1 Å². The van der Waals surface area contributed by atoms with E-state index in [0.717, 1.165) is 17.0 Å². The van der Waals surface area contributed by atoms with E-state index in [9.17, 15) is 4.79 Å². The minimum atomic E-state index is -0.540. The normalized spacial score (nSPS) is 19.5. The molecule has 0 aromatic carbocycles. The smallest absolute Gasteiger partial charge is 0.410 e. The number of nitrogens with zero attached hydrogens (tertiary/aromatic N) is 4. The molecule has 2 N–H and O–H groups in total. The lowest BCUT2D eigenvalue weighted by Crippen LogP contribution is -2.47. The summed E-state index contributed by atoms with van der Waals surface area (Å²) in [5.41, 5.74) is 2.65. The van der Waals surface area contributed by atoms with Crippen molar-refractivity contribution in [1.82, 2.24) is 9.88 Å². The van der Waals surface area contributed by atoms with Crippen LogP contribution in [0.1, 0.15) is 51.4 Å². The molecular weight excluding hydrogens is 330 g/mol. The minimum absolute atomic E-state index is 0.114. The number of pyridine rings is 1. The second-order valence-electron chi connectivity index (χ2n) is 7.16. The van der Waals surface area contributed by atoms with Gasteiger partial charge >= 0.3 is 6.09 Å². The Morgan fingerprint density at radius 1 is 1.46 bits per heavy atom. The van der Waals surface area contributed by atoms with Crippen LogP contribution in [0.5, 0.6) is 0 Å². The molecular formula is C19H27N5O2. The Hall–Kier alpha value is -2.70. The molecule has 1 unspecified atom stereocenters. The molecule has 1 saturated heterocycles. The standard InChI is InChI=1S/C19H27N5O2/c1-6-15-14(8-7-10-21-15)13(2)22-16-9-11-24(12-17(16)23-20)18(25)26-19(3,4)5/h6-8,10,13H,1,9,11-12,20H2,2-5H3/b22-16?,23-17-. The van der Waals surface area contributed by atoms with E-state index in [-0.39, 0.29) is 12.1 Å². The van der Waals surface area contributed by atoms with Gasteiger partial charge in [0.1, 0.15) is 11.3 Å². The molecule has 7 nitrogen and oxygen atoms in total. The topological polar surface area (TPSA) is 93.2 Å². The fourth-order valence-electron chi connectivity index (χ4n) is 2.73. The fraction of sp³-hybridized carbons (Fsp3) is 0.474. The number of piperidine rings is 1. The zero-order valence-electron chi connectivity index (χ0n) is 15.9. The third-order valence-electron chi connectivity index (χ3n) is 3.96. The van der Waals surface area contributed by atoms with E-state index in [0.29, 0.717) is 25.2 Å². The van der Waals surface area contributed by atoms with E-state index in [2.05, 4.69) is 16.7 Å². The summed E-state index contributed by atoms with van der Waals surface area (Å²) in [6, 6.07) is 3.74. The van der Waals surface area contributed by atoms with Crippen molar-refractivity contribution in [3.63, 3.8) is 0 Å². The van der Waals surface area contributed by atoms with Gasteiger partial charge in [-0.25, -0.2) is 4.79 Å². The number of rotatable bonds is 3. The summed E-state index contributed by atoms with van der Waals surface area (Å²) >= 11 is 0. The van der Waals surface area contributed by atoms with E-state index in [1.54, 1.807) is 17.2 Å². The van der Waals surface area contributed by atoms with Crippen molar-refractivity contribution in [3.8, 4) is 0 Å². The molecule has 2 rings (SSSR count). The van der Waals surface area contributed by atoms with Gasteiger partial charge in [0.25, 0.3) is 0 Å². The summed E-state index contributed by atoms with van der Waals surface area (Å²) in [5.74, 6) is 5.55. The summed E-state index contributed by atoms with van der Waals surface area (Å²) in [5, 5.41) is 3.85. The molecule has 1 aliphatic rings. The first kappa shape index (κ1) is 19.6. The SMILES string of the molecule is C=Cc1ncccc1C(C)N=C1CCN(C(=O)OC(C)(C)C)C/C1=N/N. The first-order chi connectivity index (χ1) is 12.2. The third kappa shape index (κ3) is 4.91. The van der Waals surface area contributed by atoms with Gasteiger partial charge in [0.2, 0.25) is 0 Å². The molecule has 26 heavy (non-hydrogen) atoms. The van der Waals surface area contributed by atoms with Crippen LogP contribution < -0.4 is 5.84 Å². The van der Waals surface area contributed by atoms with E-state index < -0.39 is 5.60 Å². The zero-order chi connectivity index (χ0) is 19.3. The molecule has 0 spiro atoms. The Morgan fingerprint density at radius 2 is 2.19 bits per heavy atom. The third-order valence-corrected chi connectivity index (χ3v) is 3.96. The molecule has 1 atom stereocenters. The number of likely N-dealkylation sites (tertiary alicyclic amines) is 1. The Kier molecular flexibility index (Phi) is 6.13. The summed E-state index contributed by atoms with van der Waals surface area (Å²) in [6.07, 6.45) is 3.65. The van der Waals surface area contributed by atoms with Gasteiger partial charge in [-0.2, -0.15) is 5.10 Å². The van der Waals surface area contributed by atoms with Crippen LogP contribution in [0.2, 0.25) is 0 Å². The average molecular weight is 357 g/mol. The van der Waals surface area contributed by atoms with Gasteiger partial charge in [0.15, 0.2) is 0 Å². The first-order valence-corrected chi connectivity index (χ1v) is 8.64. The Morgan fingerprint density at radius 3 is 2.81 bits per heavy atom. The van der Waals surface area contributed by atoms with Crippen LogP contribution in [0, 0.1) is 0 Å². The number of amides is 1. The first-order valence-electron chi connectivity index (χ1n) is 8.64. The van der Waals surface area contributed by atoms with Crippen molar-refractivity contribution < 1.29 is 9.53 Å². The molecule has 1 fully saturated rings. The molecule has 1 aliphatic heterocycles. The second-order valence-corrected chi connectivity index (χ2v) is 7.16. The number of carbonyl (C=O) groups excluding carboxylic acids is 1. The largest absolute Gasteiger partial charge is 0.444 e. The number of hydrogen-bond donors (Lipinski definition) is 1. The van der Waals surface area contributed by atoms with Gasteiger partial charge in [-0.15, -0.1) is 0 Å². The lowest BCUT2D eigenvalue weighted by atomic mass is 10.0. The molecule has 0 saturated carbocycles. The van der Waals surface area contributed by atoms with Gasteiger partial charge in [0.05, 0.1) is 24.0 Å². The Labute approximate surface area is 154 Å². The van der Waals surface area contributed by atoms with Gasteiger partial charge in [0, 0.05) is 24.7 Å². The molecule has 140 valence electrons. The van der Waals surface area contributed by atoms with Gasteiger partial charge in [-0.3, -0.25) is 9.98 Å². The molecule has 0 aliphatic carbocycles. The van der Waals surface area contributed by atoms with Gasteiger partial charge in [-0.1, -0.05) is 12.6 Å².